The number of amides is 1. The summed E-state index contributed by atoms with van der Waals surface area (Å²) in [5.74, 6) is 0.00602. The predicted molar refractivity (Wildman–Crippen MR) is 65.3 cm³/mol. The largest absolute Gasteiger partial charge is 0.358 e. The summed E-state index contributed by atoms with van der Waals surface area (Å²) in [6.45, 7) is 6.12. The van der Waals surface area contributed by atoms with E-state index in [0.29, 0.717) is 6.61 Å². The highest BCUT2D eigenvalue weighted by atomic mass is 16.5. The van der Waals surface area contributed by atoms with Gasteiger partial charge in [-0.15, -0.1) is 0 Å². The summed E-state index contributed by atoms with van der Waals surface area (Å²) in [6.07, 6.45) is 0.604. The van der Waals surface area contributed by atoms with Gasteiger partial charge in [0, 0.05) is 19.2 Å². The van der Waals surface area contributed by atoms with Crippen molar-refractivity contribution >= 4 is 11.6 Å². The van der Waals surface area contributed by atoms with Crippen LogP contribution in [-0.4, -0.2) is 18.7 Å². The van der Waals surface area contributed by atoms with Crippen LogP contribution < -0.4 is 4.90 Å². The number of hydrogen-bond donors (Lipinski definition) is 0. The van der Waals surface area contributed by atoms with E-state index in [4.69, 9.17) is 4.74 Å². The lowest BCUT2D eigenvalue weighted by molar-refractivity contribution is -0.119. The maximum Gasteiger partial charge on any atom is 0.225 e. The number of hydrogen-bond acceptors (Lipinski definition) is 2. The standard InChI is InChI=1S/C13H19NO2/c1-4-13(16-5-2)14(11(3)15)12-9-7-6-8-10-12/h6-10,13H,4-5H2,1-3H3. The Morgan fingerprint density at radius 1 is 1.31 bits per heavy atom. The molecule has 0 heterocycles. The first-order chi connectivity index (χ1) is 7.70. The topological polar surface area (TPSA) is 29.5 Å². The minimum Gasteiger partial charge on any atom is -0.358 e. The third-order valence-electron chi connectivity index (χ3n) is 2.37. The van der Waals surface area contributed by atoms with Crippen molar-refractivity contribution in [2.24, 2.45) is 0 Å². The molecule has 16 heavy (non-hydrogen) atoms. The number of ether oxygens (including phenoxy) is 1. The lowest BCUT2D eigenvalue weighted by Crippen LogP contribution is -2.40. The average Bonchev–Trinajstić information content (AvgIpc) is 2.29. The van der Waals surface area contributed by atoms with Crippen molar-refractivity contribution in [1.29, 1.82) is 0 Å². The van der Waals surface area contributed by atoms with Crippen LogP contribution in [0.5, 0.6) is 0 Å². The molecule has 0 spiro atoms. The maximum atomic E-state index is 11.7. The van der Waals surface area contributed by atoms with E-state index in [0.717, 1.165) is 12.1 Å². The molecule has 0 aliphatic rings. The van der Waals surface area contributed by atoms with E-state index in [1.165, 1.54) is 0 Å². The normalized spacial score (nSPS) is 12.2. The van der Waals surface area contributed by atoms with E-state index in [9.17, 15) is 4.79 Å². The quantitative estimate of drug-likeness (QED) is 0.715. The van der Waals surface area contributed by atoms with Gasteiger partial charge >= 0.3 is 0 Å². The van der Waals surface area contributed by atoms with Gasteiger partial charge in [-0.2, -0.15) is 0 Å². The third kappa shape index (κ3) is 3.07. The number of benzene rings is 1. The molecule has 3 nitrogen and oxygen atoms in total. The van der Waals surface area contributed by atoms with Gasteiger partial charge in [0.25, 0.3) is 0 Å². The van der Waals surface area contributed by atoms with Gasteiger partial charge in [0.15, 0.2) is 0 Å². The number of carbonyl (C=O) groups is 1. The molecule has 0 bridgehead atoms. The smallest absolute Gasteiger partial charge is 0.225 e. The van der Waals surface area contributed by atoms with Gasteiger partial charge in [0.2, 0.25) is 5.91 Å². The summed E-state index contributed by atoms with van der Waals surface area (Å²) in [6, 6.07) is 9.61. The summed E-state index contributed by atoms with van der Waals surface area (Å²) in [5.41, 5.74) is 0.885. The van der Waals surface area contributed by atoms with Crippen LogP contribution in [0.15, 0.2) is 30.3 Å². The van der Waals surface area contributed by atoms with Crippen LogP contribution in [0.3, 0.4) is 0 Å². The second-order valence-electron chi connectivity index (χ2n) is 3.54. The van der Waals surface area contributed by atoms with Crippen LogP contribution in [0.1, 0.15) is 27.2 Å². The van der Waals surface area contributed by atoms with E-state index in [-0.39, 0.29) is 12.1 Å². The van der Waals surface area contributed by atoms with Crippen LogP contribution >= 0.6 is 0 Å². The van der Waals surface area contributed by atoms with Crippen molar-refractivity contribution in [3.63, 3.8) is 0 Å². The number of nitrogens with zero attached hydrogens (tertiary/aromatic N) is 1. The monoisotopic (exact) mass is 221 g/mol. The molecule has 0 fully saturated rings. The van der Waals surface area contributed by atoms with Gasteiger partial charge in [-0.1, -0.05) is 25.1 Å². The van der Waals surface area contributed by atoms with Crippen LogP contribution in [0.4, 0.5) is 5.69 Å². The van der Waals surface area contributed by atoms with Gasteiger partial charge in [-0.05, 0) is 25.5 Å². The molecule has 0 aliphatic heterocycles. The van der Waals surface area contributed by atoms with Gasteiger partial charge in [-0.25, -0.2) is 0 Å². The minimum absolute atomic E-state index is 0.00602. The molecule has 1 aromatic rings. The van der Waals surface area contributed by atoms with E-state index in [2.05, 4.69) is 0 Å². The SMILES string of the molecule is CCOC(CC)N(C(C)=O)c1ccccc1. The number of carbonyl (C=O) groups excluding carboxylic acids is 1. The Hall–Kier alpha value is -1.35. The lowest BCUT2D eigenvalue weighted by atomic mass is 10.2. The van der Waals surface area contributed by atoms with E-state index >= 15 is 0 Å². The molecule has 0 radical (unpaired) electrons. The minimum atomic E-state index is -0.176. The Labute approximate surface area is 97.0 Å². The molecule has 1 aromatic carbocycles. The molecule has 0 N–H and O–H groups in total. The van der Waals surface area contributed by atoms with Crippen LogP contribution in [0, 0.1) is 0 Å². The molecule has 1 rings (SSSR count). The van der Waals surface area contributed by atoms with Crippen LogP contribution in [0.2, 0.25) is 0 Å². The van der Waals surface area contributed by atoms with Gasteiger partial charge in [0.05, 0.1) is 0 Å². The molecule has 0 saturated heterocycles. The fourth-order valence-corrected chi connectivity index (χ4v) is 1.71. The first-order valence-corrected chi connectivity index (χ1v) is 5.67. The van der Waals surface area contributed by atoms with Gasteiger partial charge in [0.1, 0.15) is 6.23 Å². The van der Waals surface area contributed by atoms with E-state index < -0.39 is 0 Å². The summed E-state index contributed by atoms with van der Waals surface area (Å²) < 4.78 is 5.57. The molecular weight excluding hydrogens is 202 g/mol. The maximum absolute atomic E-state index is 11.7. The summed E-state index contributed by atoms with van der Waals surface area (Å²) in [5, 5.41) is 0. The average molecular weight is 221 g/mol. The predicted octanol–water partition coefficient (Wildman–Crippen LogP) is 2.81. The number of para-hydroxylation sites is 1. The van der Waals surface area contributed by atoms with E-state index in [1.54, 1.807) is 11.8 Å². The zero-order chi connectivity index (χ0) is 12.0. The second kappa shape index (κ2) is 6.28. The highest BCUT2D eigenvalue weighted by Crippen LogP contribution is 2.19. The molecule has 1 amide bonds. The molecule has 88 valence electrons. The Morgan fingerprint density at radius 3 is 2.38 bits per heavy atom. The Kier molecular flexibility index (Phi) is 4.99. The summed E-state index contributed by atoms with van der Waals surface area (Å²) >= 11 is 0. The molecule has 0 aliphatic carbocycles. The second-order valence-corrected chi connectivity index (χ2v) is 3.54. The fraction of sp³-hybridized carbons (Fsp3) is 0.462. The Bertz CT molecular complexity index is 324. The van der Waals surface area contributed by atoms with Crippen molar-refractivity contribution in [1.82, 2.24) is 0 Å². The van der Waals surface area contributed by atoms with Gasteiger partial charge < -0.3 is 4.74 Å². The van der Waals surface area contributed by atoms with Crippen molar-refractivity contribution in [2.75, 3.05) is 11.5 Å². The van der Waals surface area contributed by atoms with Crippen molar-refractivity contribution in [3.05, 3.63) is 30.3 Å². The van der Waals surface area contributed by atoms with Crippen molar-refractivity contribution in [3.8, 4) is 0 Å². The molecular formula is C13H19NO2. The molecule has 0 aromatic heterocycles. The Balaban J connectivity index is 2.94. The molecule has 1 atom stereocenters. The zero-order valence-electron chi connectivity index (χ0n) is 10.1. The van der Waals surface area contributed by atoms with Gasteiger partial charge in [-0.3, -0.25) is 9.69 Å². The number of anilines is 1. The first kappa shape index (κ1) is 12.7. The van der Waals surface area contributed by atoms with Crippen LogP contribution in [0.25, 0.3) is 0 Å². The molecule has 1 unspecified atom stereocenters. The Morgan fingerprint density at radius 2 is 1.94 bits per heavy atom. The summed E-state index contributed by atoms with van der Waals surface area (Å²) in [4.78, 5) is 13.4. The highest BCUT2D eigenvalue weighted by Gasteiger charge is 2.20. The summed E-state index contributed by atoms with van der Waals surface area (Å²) in [7, 11) is 0. The van der Waals surface area contributed by atoms with Crippen molar-refractivity contribution < 1.29 is 9.53 Å². The van der Waals surface area contributed by atoms with E-state index in [1.807, 2.05) is 44.2 Å². The fourth-order valence-electron chi connectivity index (χ4n) is 1.71. The van der Waals surface area contributed by atoms with Crippen molar-refractivity contribution in [2.45, 2.75) is 33.4 Å². The number of rotatable bonds is 5. The molecule has 0 saturated carbocycles. The zero-order valence-corrected chi connectivity index (χ0v) is 10.1. The molecule has 3 heteroatoms. The third-order valence-corrected chi connectivity index (χ3v) is 2.37. The highest BCUT2D eigenvalue weighted by molar-refractivity contribution is 5.91. The lowest BCUT2D eigenvalue weighted by Gasteiger charge is -2.29. The first-order valence-electron chi connectivity index (χ1n) is 5.67. The van der Waals surface area contributed by atoms with Crippen LogP contribution in [-0.2, 0) is 9.53 Å².